The number of carbonyl (C=O) groups excluding carboxylic acids is 2. The number of para-hydroxylation sites is 1. The van der Waals surface area contributed by atoms with Crippen LogP contribution < -0.4 is 15.4 Å². The van der Waals surface area contributed by atoms with Crippen molar-refractivity contribution in [2.75, 3.05) is 23.1 Å². The van der Waals surface area contributed by atoms with Crippen LogP contribution in [0.5, 0.6) is 0 Å². The van der Waals surface area contributed by atoms with Gasteiger partial charge in [0.2, 0.25) is 0 Å². The minimum Gasteiger partial charge on any atom is -0.334 e. The van der Waals surface area contributed by atoms with E-state index < -0.39 is 10.8 Å². The average Bonchev–Trinajstić information content (AvgIpc) is 2.86. The van der Waals surface area contributed by atoms with Gasteiger partial charge in [0.1, 0.15) is 10.7 Å². The van der Waals surface area contributed by atoms with Gasteiger partial charge in [-0.3, -0.25) is 28.9 Å². The Morgan fingerprint density at radius 3 is 2.39 bits per heavy atom. The van der Waals surface area contributed by atoms with Gasteiger partial charge in [-0.05, 0) is 48.5 Å². The molecule has 3 heterocycles. The number of urea groups is 1. The Hall–Kier alpha value is -4.19. The van der Waals surface area contributed by atoms with Crippen LogP contribution in [0.15, 0.2) is 90.1 Å². The van der Waals surface area contributed by atoms with Gasteiger partial charge in [-0.25, -0.2) is 9.78 Å². The van der Waals surface area contributed by atoms with Crippen molar-refractivity contribution >= 4 is 45.1 Å². The molecule has 184 valence electrons. The van der Waals surface area contributed by atoms with Crippen LogP contribution in [0.1, 0.15) is 10.4 Å². The number of hydrogen-bond acceptors (Lipinski definition) is 7. The van der Waals surface area contributed by atoms with Crippen LogP contribution in [0.4, 0.5) is 16.3 Å². The fourth-order valence-electron chi connectivity index (χ4n) is 3.90. The van der Waals surface area contributed by atoms with Crippen LogP contribution in [-0.2, 0) is 0 Å². The molecule has 0 aliphatic carbocycles. The highest BCUT2D eigenvalue weighted by Gasteiger charge is 2.32. The maximum absolute atomic E-state index is 12.8. The third-order valence-corrected chi connectivity index (χ3v) is 7.17. The number of pyridine rings is 2. The Bertz CT molecular complexity index is 1390. The molecule has 5 N–H and O–H groups in total. The molecule has 0 atom stereocenters. The number of amides is 3. The van der Waals surface area contributed by atoms with Gasteiger partial charge in [0.05, 0.1) is 17.2 Å². The summed E-state index contributed by atoms with van der Waals surface area (Å²) in [6.07, 6.45) is 3.19. The molecule has 1 aliphatic rings. The maximum Gasteiger partial charge on any atom is 0.320 e. The van der Waals surface area contributed by atoms with E-state index in [-0.39, 0.29) is 18.0 Å². The van der Waals surface area contributed by atoms with Gasteiger partial charge in [-0.1, -0.05) is 35.0 Å². The van der Waals surface area contributed by atoms with Crippen LogP contribution in [-0.4, -0.2) is 55.0 Å². The Labute approximate surface area is 208 Å². The number of nitrogens with one attached hydrogen (secondary N) is 3. The number of fused-ring (bicyclic) bond motifs is 1. The van der Waals surface area contributed by atoms with Crippen LogP contribution in [0.3, 0.4) is 0 Å². The number of hydrogen-bond donors (Lipinski definition) is 5. The van der Waals surface area contributed by atoms with E-state index in [9.17, 15) is 18.7 Å². The lowest BCUT2D eigenvalue weighted by Gasteiger charge is -2.39. The lowest BCUT2D eigenvalue weighted by molar-refractivity contribution is 0.0580. The Balaban J connectivity index is 1.17. The predicted octanol–water partition coefficient (Wildman–Crippen LogP) is 4.41. The maximum atomic E-state index is 12.8. The molecule has 0 spiro atoms. The molecular weight excluding hydrogens is 480 g/mol. The van der Waals surface area contributed by atoms with E-state index in [0.29, 0.717) is 40.6 Å². The van der Waals surface area contributed by atoms with Crippen LogP contribution >= 0.6 is 10.8 Å². The van der Waals surface area contributed by atoms with Crippen LogP contribution in [0.25, 0.3) is 10.9 Å². The van der Waals surface area contributed by atoms with Crippen molar-refractivity contribution in [2.45, 2.75) is 10.9 Å². The van der Waals surface area contributed by atoms with Gasteiger partial charge in [0.15, 0.2) is 0 Å². The van der Waals surface area contributed by atoms with Crippen molar-refractivity contribution in [3.05, 3.63) is 90.8 Å². The summed E-state index contributed by atoms with van der Waals surface area (Å²) in [6.45, 7) is 0.784. The molecular formula is C25H24N6O4S. The molecule has 0 radical (unpaired) electrons. The molecule has 3 amide bonds. The first-order valence-corrected chi connectivity index (χ1v) is 12.7. The van der Waals surface area contributed by atoms with Gasteiger partial charge in [-0.2, -0.15) is 0 Å². The summed E-state index contributed by atoms with van der Waals surface area (Å²) in [6, 6.07) is 20.0. The smallest absolute Gasteiger partial charge is 0.320 e. The second-order valence-corrected chi connectivity index (χ2v) is 10.0. The highest BCUT2D eigenvalue weighted by molar-refractivity contribution is 8.25. The molecule has 0 unspecified atom stereocenters. The van der Waals surface area contributed by atoms with E-state index in [1.165, 1.54) is 0 Å². The molecule has 36 heavy (non-hydrogen) atoms. The average molecular weight is 505 g/mol. The minimum absolute atomic E-state index is 0.152. The van der Waals surface area contributed by atoms with Gasteiger partial charge in [-0.15, -0.1) is 0 Å². The normalized spacial score (nSPS) is 14.1. The molecule has 0 bridgehead atoms. The van der Waals surface area contributed by atoms with Gasteiger partial charge < -0.3 is 10.2 Å². The Morgan fingerprint density at radius 1 is 0.889 bits per heavy atom. The summed E-state index contributed by atoms with van der Waals surface area (Å²) < 4.78 is 24.4. The van der Waals surface area contributed by atoms with E-state index in [0.717, 1.165) is 5.39 Å². The first-order valence-electron chi connectivity index (χ1n) is 11.2. The molecule has 1 saturated heterocycles. The number of nitrogens with zero attached hydrogens (tertiary/aromatic N) is 3. The molecule has 10 nitrogen and oxygen atoms in total. The standard InChI is InChI=1S/C25H24N6O4S/c32-24(31-15-20(16-31)28-25(33)29-22-8-1-2-13-26-22)18-9-11-19(12-10-18)30-36(34,35)21-7-3-5-17-6-4-14-27-23(17)21/h1-14,20,30,34-35H,15-16H2,(H2,26,28,29,33). The fraction of sp³-hybridized carbons (Fsp3) is 0.120. The lowest BCUT2D eigenvalue weighted by Crippen LogP contribution is -2.61. The van der Waals surface area contributed by atoms with Crippen molar-refractivity contribution in [1.29, 1.82) is 0 Å². The molecule has 1 fully saturated rings. The van der Waals surface area contributed by atoms with Crippen LogP contribution in [0.2, 0.25) is 0 Å². The molecule has 2 aromatic heterocycles. The number of rotatable bonds is 6. The highest BCUT2D eigenvalue weighted by atomic mass is 32.3. The largest absolute Gasteiger partial charge is 0.334 e. The third kappa shape index (κ3) is 5.08. The van der Waals surface area contributed by atoms with E-state index in [4.69, 9.17) is 0 Å². The van der Waals surface area contributed by atoms with Crippen molar-refractivity contribution in [2.24, 2.45) is 0 Å². The molecule has 5 rings (SSSR count). The number of likely N-dealkylation sites (tertiary alicyclic amines) is 1. The van der Waals surface area contributed by atoms with Crippen molar-refractivity contribution in [3.63, 3.8) is 0 Å². The Morgan fingerprint density at radius 2 is 1.64 bits per heavy atom. The third-order valence-electron chi connectivity index (χ3n) is 5.70. The van der Waals surface area contributed by atoms with E-state index in [1.807, 2.05) is 12.1 Å². The summed E-state index contributed by atoms with van der Waals surface area (Å²) in [7, 11) is -3.38. The number of anilines is 2. The summed E-state index contributed by atoms with van der Waals surface area (Å²) in [5.74, 6) is 0.277. The monoisotopic (exact) mass is 504 g/mol. The quantitative estimate of drug-likeness (QED) is 0.262. The van der Waals surface area contributed by atoms with Gasteiger partial charge >= 0.3 is 6.03 Å². The second kappa shape index (κ2) is 9.82. The Kier molecular flexibility index (Phi) is 6.42. The molecule has 11 heteroatoms. The molecule has 1 aliphatic heterocycles. The van der Waals surface area contributed by atoms with Gasteiger partial charge in [0.25, 0.3) is 5.91 Å². The second-order valence-electron chi connectivity index (χ2n) is 8.28. The van der Waals surface area contributed by atoms with Crippen molar-refractivity contribution in [3.8, 4) is 0 Å². The minimum atomic E-state index is -3.38. The van der Waals surface area contributed by atoms with Crippen molar-refractivity contribution < 1.29 is 18.7 Å². The SMILES string of the molecule is O=C(Nc1ccccn1)NC1CN(C(=O)c2ccc(NS(O)(O)c3cccc4cccnc34)cc2)C1. The van der Waals surface area contributed by atoms with Crippen molar-refractivity contribution in [1.82, 2.24) is 20.2 Å². The van der Waals surface area contributed by atoms with Gasteiger partial charge in [0, 0.05) is 36.4 Å². The lowest BCUT2D eigenvalue weighted by atomic mass is 10.1. The fourth-order valence-corrected chi connectivity index (χ4v) is 5.18. The summed E-state index contributed by atoms with van der Waals surface area (Å²) in [5, 5.41) is 6.26. The number of carbonyl (C=O) groups is 2. The molecule has 0 saturated carbocycles. The molecule has 4 aromatic rings. The zero-order chi connectivity index (χ0) is 25.1. The first-order chi connectivity index (χ1) is 17.4. The first kappa shape index (κ1) is 23.5. The number of aromatic nitrogens is 2. The van der Waals surface area contributed by atoms with E-state index >= 15 is 0 Å². The predicted molar refractivity (Wildman–Crippen MR) is 139 cm³/mol. The topological polar surface area (TPSA) is 140 Å². The summed E-state index contributed by atoms with van der Waals surface area (Å²) >= 11 is 0. The van der Waals surface area contributed by atoms with E-state index in [2.05, 4.69) is 25.3 Å². The summed E-state index contributed by atoms with van der Waals surface area (Å²) in [5.41, 5.74) is 1.42. The zero-order valence-electron chi connectivity index (χ0n) is 19.0. The number of benzene rings is 2. The zero-order valence-corrected chi connectivity index (χ0v) is 19.9. The summed E-state index contributed by atoms with van der Waals surface area (Å²) in [4.78, 5) is 35.1. The highest BCUT2D eigenvalue weighted by Crippen LogP contribution is 2.50. The molecule has 2 aromatic carbocycles. The van der Waals surface area contributed by atoms with Crippen LogP contribution in [0, 0.1) is 0 Å². The van der Waals surface area contributed by atoms with E-state index in [1.54, 1.807) is 78.0 Å².